The summed E-state index contributed by atoms with van der Waals surface area (Å²) in [4.78, 5) is 8.35. The van der Waals surface area contributed by atoms with Crippen molar-refractivity contribution in [3.8, 4) is 22.1 Å². The zero-order valence-electron chi connectivity index (χ0n) is 16.8. The summed E-state index contributed by atoms with van der Waals surface area (Å²) >= 11 is 1.32. The van der Waals surface area contributed by atoms with Crippen molar-refractivity contribution in [1.29, 1.82) is 0 Å². The Morgan fingerprint density at radius 3 is 2.97 bits per heavy atom. The van der Waals surface area contributed by atoms with Crippen molar-refractivity contribution in [2.45, 2.75) is 56.8 Å². The monoisotopic (exact) mass is 426 g/mol. The van der Waals surface area contributed by atoms with Crippen LogP contribution in [-0.2, 0) is 0 Å². The van der Waals surface area contributed by atoms with Gasteiger partial charge in [-0.15, -0.1) is 10.2 Å². The van der Waals surface area contributed by atoms with E-state index in [1.165, 1.54) is 11.3 Å². The van der Waals surface area contributed by atoms with Crippen molar-refractivity contribution < 1.29 is 9.50 Å². The Bertz CT molecular complexity index is 1110. The molecule has 2 saturated heterocycles. The number of fused-ring (bicyclic) bond motifs is 2. The quantitative estimate of drug-likeness (QED) is 0.660. The molecule has 156 valence electrons. The van der Waals surface area contributed by atoms with E-state index in [0.29, 0.717) is 27.8 Å². The summed E-state index contributed by atoms with van der Waals surface area (Å²) < 4.78 is 17.0. The highest BCUT2D eigenvalue weighted by molar-refractivity contribution is 7.15. The molecular formula is C21H23FN6OS. The minimum absolute atomic E-state index is 0.0591. The molecule has 9 heteroatoms. The molecular weight excluding hydrogens is 403 g/mol. The Morgan fingerprint density at radius 2 is 2.20 bits per heavy atom. The molecule has 5 heterocycles. The van der Waals surface area contributed by atoms with E-state index in [9.17, 15) is 5.11 Å². The second kappa shape index (κ2) is 6.95. The summed E-state index contributed by atoms with van der Waals surface area (Å²) in [6.45, 7) is 4.14. The van der Waals surface area contributed by atoms with Gasteiger partial charge in [0.2, 0.25) is 0 Å². The van der Waals surface area contributed by atoms with Crippen LogP contribution in [0.1, 0.15) is 44.5 Å². The molecule has 0 aliphatic carbocycles. The van der Waals surface area contributed by atoms with E-state index in [2.05, 4.69) is 32.4 Å². The first kappa shape index (κ1) is 19.3. The summed E-state index contributed by atoms with van der Waals surface area (Å²) in [5.74, 6) is 0.618. The molecule has 0 amide bonds. The Hall–Kier alpha value is -2.65. The zero-order chi connectivity index (χ0) is 20.9. The van der Waals surface area contributed by atoms with Crippen LogP contribution in [0.15, 0.2) is 36.6 Å². The Kier molecular flexibility index (Phi) is 4.48. The second-order valence-electron chi connectivity index (χ2n) is 8.69. The number of alkyl halides is 1. The van der Waals surface area contributed by atoms with Crippen LogP contribution >= 0.6 is 11.3 Å². The molecule has 0 aromatic carbocycles. The van der Waals surface area contributed by atoms with Gasteiger partial charge in [0.15, 0.2) is 5.01 Å². The molecule has 7 nitrogen and oxygen atoms in total. The fraction of sp³-hybridized carbons (Fsp3) is 0.429. The first-order valence-electron chi connectivity index (χ1n) is 10.0. The van der Waals surface area contributed by atoms with E-state index in [-0.39, 0.29) is 11.3 Å². The van der Waals surface area contributed by atoms with Crippen LogP contribution in [0.3, 0.4) is 0 Å². The molecule has 5 rings (SSSR count). The van der Waals surface area contributed by atoms with Gasteiger partial charge in [0.05, 0.1) is 11.1 Å². The third kappa shape index (κ3) is 3.31. The number of imidazole rings is 1. The molecule has 0 spiro atoms. The van der Waals surface area contributed by atoms with Crippen LogP contribution in [0, 0.1) is 0 Å². The summed E-state index contributed by atoms with van der Waals surface area (Å²) in [6.07, 6.45) is 10.9. The molecule has 30 heavy (non-hydrogen) atoms. The number of hydrogen-bond acceptors (Lipinski definition) is 7. The molecule has 2 aliphatic rings. The SMILES string of the molecule is C[C@]12CCC[C@](C)(N1)[C@@H](F)/C(=C/c1nnc(-c3cnc(-n4ccnc4)cc3O)s1)C2. The van der Waals surface area contributed by atoms with Gasteiger partial charge in [0, 0.05) is 30.2 Å². The number of pyridine rings is 1. The first-order valence-corrected chi connectivity index (χ1v) is 10.8. The van der Waals surface area contributed by atoms with Gasteiger partial charge in [-0.25, -0.2) is 14.4 Å². The van der Waals surface area contributed by atoms with Gasteiger partial charge < -0.3 is 10.4 Å². The third-order valence-electron chi connectivity index (χ3n) is 6.11. The summed E-state index contributed by atoms with van der Waals surface area (Å²) in [5.41, 5.74) is 0.647. The highest BCUT2D eigenvalue weighted by Gasteiger charge is 2.50. The number of nitrogens with zero attached hydrogens (tertiary/aromatic N) is 5. The van der Waals surface area contributed by atoms with Crippen LogP contribution < -0.4 is 5.32 Å². The largest absolute Gasteiger partial charge is 0.507 e. The number of hydrogen-bond donors (Lipinski definition) is 2. The highest BCUT2D eigenvalue weighted by atomic mass is 32.1. The Balaban J connectivity index is 1.43. The number of nitrogens with one attached hydrogen (secondary N) is 1. The predicted octanol–water partition coefficient (Wildman–Crippen LogP) is 3.91. The normalized spacial score (nSPS) is 30.0. The average molecular weight is 427 g/mol. The number of aromatic hydroxyl groups is 1. The Morgan fingerprint density at radius 1 is 1.33 bits per heavy atom. The molecule has 0 radical (unpaired) electrons. The average Bonchev–Trinajstić information content (AvgIpc) is 3.38. The maximum absolute atomic E-state index is 15.3. The summed E-state index contributed by atoms with van der Waals surface area (Å²) in [7, 11) is 0. The van der Waals surface area contributed by atoms with E-state index in [0.717, 1.165) is 24.8 Å². The molecule has 3 aromatic rings. The predicted molar refractivity (Wildman–Crippen MR) is 113 cm³/mol. The number of halogens is 1. The van der Waals surface area contributed by atoms with Crippen molar-refractivity contribution >= 4 is 17.4 Å². The van der Waals surface area contributed by atoms with E-state index >= 15 is 4.39 Å². The first-order chi connectivity index (χ1) is 14.4. The molecule has 0 unspecified atom stereocenters. The smallest absolute Gasteiger partial charge is 0.153 e. The van der Waals surface area contributed by atoms with Gasteiger partial charge >= 0.3 is 0 Å². The van der Waals surface area contributed by atoms with Gasteiger partial charge in [-0.2, -0.15) is 0 Å². The lowest BCUT2D eigenvalue weighted by molar-refractivity contribution is 0.0555. The fourth-order valence-electron chi connectivity index (χ4n) is 4.75. The number of rotatable bonds is 3. The molecule has 3 atom stereocenters. The van der Waals surface area contributed by atoms with Crippen molar-refractivity contribution in [2.24, 2.45) is 0 Å². The maximum atomic E-state index is 15.3. The zero-order valence-corrected chi connectivity index (χ0v) is 17.7. The van der Waals surface area contributed by atoms with Crippen molar-refractivity contribution in [3.63, 3.8) is 0 Å². The highest BCUT2D eigenvalue weighted by Crippen LogP contribution is 2.44. The lowest BCUT2D eigenvalue weighted by Gasteiger charge is -2.53. The lowest BCUT2D eigenvalue weighted by atomic mass is 9.68. The van der Waals surface area contributed by atoms with Gasteiger partial charge in [0.25, 0.3) is 0 Å². The molecule has 2 N–H and O–H groups in total. The molecule has 2 aliphatic heterocycles. The topological polar surface area (TPSA) is 88.8 Å². The number of aromatic nitrogens is 5. The summed E-state index contributed by atoms with van der Waals surface area (Å²) in [5, 5.41) is 23.6. The minimum atomic E-state index is -1.05. The Labute approximate surface area is 177 Å². The van der Waals surface area contributed by atoms with Crippen molar-refractivity contribution in [1.82, 2.24) is 30.0 Å². The number of piperidine rings is 2. The molecule has 2 fully saturated rings. The molecule has 3 aromatic heterocycles. The van der Waals surface area contributed by atoms with E-state index in [1.807, 2.05) is 13.0 Å². The second-order valence-corrected chi connectivity index (χ2v) is 9.70. The minimum Gasteiger partial charge on any atom is -0.507 e. The van der Waals surface area contributed by atoms with Crippen LogP contribution in [-0.4, -0.2) is 47.1 Å². The van der Waals surface area contributed by atoms with Crippen molar-refractivity contribution in [3.05, 3.63) is 41.6 Å². The van der Waals surface area contributed by atoms with E-state index in [4.69, 9.17) is 0 Å². The molecule has 2 bridgehead atoms. The third-order valence-corrected chi connectivity index (χ3v) is 7.01. The maximum Gasteiger partial charge on any atom is 0.153 e. The van der Waals surface area contributed by atoms with Gasteiger partial charge in [0.1, 0.15) is 29.1 Å². The van der Waals surface area contributed by atoms with E-state index in [1.54, 1.807) is 35.6 Å². The van der Waals surface area contributed by atoms with E-state index < -0.39 is 11.7 Å². The van der Waals surface area contributed by atoms with Crippen LogP contribution in [0.4, 0.5) is 4.39 Å². The lowest BCUT2D eigenvalue weighted by Crippen LogP contribution is -2.66. The van der Waals surface area contributed by atoms with Gasteiger partial charge in [-0.05, 0) is 51.2 Å². The van der Waals surface area contributed by atoms with Crippen LogP contribution in [0.25, 0.3) is 22.5 Å². The fourth-order valence-corrected chi connectivity index (χ4v) is 5.59. The van der Waals surface area contributed by atoms with Gasteiger partial charge in [-0.3, -0.25) is 4.57 Å². The molecule has 0 saturated carbocycles. The van der Waals surface area contributed by atoms with Gasteiger partial charge in [-0.1, -0.05) is 11.3 Å². The van der Waals surface area contributed by atoms with Crippen molar-refractivity contribution in [2.75, 3.05) is 0 Å². The van der Waals surface area contributed by atoms with Crippen LogP contribution in [0.5, 0.6) is 5.75 Å². The summed E-state index contributed by atoms with van der Waals surface area (Å²) in [6, 6.07) is 1.56. The standard InChI is InChI=1S/C21H23FN6OS/c1-20-4-3-5-21(2,27-20)18(22)13(10-20)8-17-25-26-19(30-17)14-11-24-16(9-15(14)29)28-7-6-23-12-28/h6-9,11-12,18,27H,3-5,10H2,1-2H3,(H,24,29)/b13-8+/t18-,20+,21-/m0/s1. The van der Waals surface area contributed by atoms with Crippen LogP contribution in [0.2, 0.25) is 0 Å².